The van der Waals surface area contributed by atoms with E-state index < -0.39 is 10.0 Å². The lowest BCUT2D eigenvalue weighted by Gasteiger charge is -2.11. The third-order valence-electron chi connectivity index (χ3n) is 3.23. The number of allylic oxidation sites excluding steroid dienone is 2. The Bertz CT molecular complexity index is 843. The number of hydrogen-bond donors (Lipinski definition) is 0. The summed E-state index contributed by atoms with van der Waals surface area (Å²) in [6.07, 6.45) is 3.39. The van der Waals surface area contributed by atoms with Crippen LogP contribution in [0.1, 0.15) is 23.7 Å². The minimum Gasteiger partial charge on any atom is -0.240 e. The number of nitrogens with zero attached hydrogens (tertiary/aromatic N) is 1. The number of rotatable bonds is 4. The maximum absolute atomic E-state index is 12.9. The molecule has 1 aromatic heterocycles. The van der Waals surface area contributed by atoms with E-state index >= 15 is 0 Å². The van der Waals surface area contributed by atoms with Gasteiger partial charge < -0.3 is 0 Å². The van der Waals surface area contributed by atoms with Crippen LogP contribution in [-0.4, -0.2) is 12.4 Å². The Balaban J connectivity index is 2.63. The molecule has 0 aliphatic carbocycles. The van der Waals surface area contributed by atoms with E-state index in [9.17, 15) is 8.42 Å². The second kappa shape index (κ2) is 6.26. The first-order chi connectivity index (χ1) is 10.2. The van der Waals surface area contributed by atoms with Gasteiger partial charge in [0.25, 0.3) is 10.0 Å². The summed E-state index contributed by atoms with van der Waals surface area (Å²) in [4.78, 5) is 0.269. The van der Waals surface area contributed by atoms with E-state index in [0.717, 1.165) is 16.7 Å². The molecule has 0 bridgehead atoms. The van der Waals surface area contributed by atoms with Gasteiger partial charge in [-0.25, -0.2) is 12.4 Å². The number of halogens is 1. The molecule has 0 aliphatic heterocycles. The smallest absolute Gasteiger partial charge is 0.240 e. The first-order valence-corrected chi connectivity index (χ1v) is 9.00. The zero-order chi connectivity index (χ0) is 16.5. The highest BCUT2D eigenvalue weighted by Crippen LogP contribution is 2.29. The first-order valence-electron chi connectivity index (χ1n) is 6.77. The van der Waals surface area contributed by atoms with Crippen LogP contribution in [0.2, 0.25) is 0 Å². The predicted molar refractivity (Wildman–Crippen MR) is 94.6 cm³/mol. The summed E-state index contributed by atoms with van der Waals surface area (Å²) in [6, 6.07) is 8.62. The van der Waals surface area contributed by atoms with E-state index in [4.69, 9.17) is 0 Å². The van der Waals surface area contributed by atoms with Crippen LogP contribution in [0.3, 0.4) is 0 Å². The minimum absolute atomic E-state index is 0.269. The van der Waals surface area contributed by atoms with Crippen LogP contribution in [-0.2, 0) is 10.0 Å². The Morgan fingerprint density at radius 2 is 1.77 bits per heavy atom. The zero-order valence-corrected chi connectivity index (χ0v) is 15.2. The van der Waals surface area contributed by atoms with Gasteiger partial charge in [0.05, 0.1) is 10.6 Å². The second-order valence-electron chi connectivity index (χ2n) is 5.30. The van der Waals surface area contributed by atoms with E-state index in [2.05, 4.69) is 22.5 Å². The molecule has 0 atom stereocenters. The molecule has 0 fully saturated rings. The maximum Gasteiger partial charge on any atom is 0.268 e. The van der Waals surface area contributed by atoms with Crippen LogP contribution in [0.25, 0.3) is 4.48 Å². The quantitative estimate of drug-likeness (QED) is 0.724. The Labute approximate surface area is 140 Å². The van der Waals surface area contributed by atoms with Crippen LogP contribution in [0.15, 0.2) is 59.7 Å². The Kier molecular flexibility index (Phi) is 4.78. The lowest BCUT2D eigenvalue weighted by Crippen LogP contribution is -2.14. The van der Waals surface area contributed by atoms with Crippen molar-refractivity contribution in [2.45, 2.75) is 25.7 Å². The van der Waals surface area contributed by atoms with Crippen molar-refractivity contribution < 1.29 is 8.42 Å². The van der Waals surface area contributed by atoms with Crippen LogP contribution in [0.5, 0.6) is 0 Å². The fourth-order valence-corrected chi connectivity index (χ4v) is 4.53. The predicted octanol–water partition coefficient (Wildman–Crippen LogP) is 4.65. The van der Waals surface area contributed by atoms with E-state index in [1.165, 1.54) is 3.97 Å². The van der Waals surface area contributed by atoms with Crippen molar-refractivity contribution in [3.63, 3.8) is 0 Å². The molecule has 1 aromatic carbocycles. The molecule has 0 unspecified atom stereocenters. The molecule has 22 heavy (non-hydrogen) atoms. The molecule has 0 saturated carbocycles. The van der Waals surface area contributed by atoms with Gasteiger partial charge in [0.2, 0.25) is 0 Å². The molecule has 0 saturated heterocycles. The fraction of sp³-hybridized carbons (Fsp3) is 0.176. The SMILES string of the molecule is C=C(C)/C=C(/Br)c1c(C)ccn1S(=O)(=O)c1ccc(C)cc1. The molecule has 0 amide bonds. The van der Waals surface area contributed by atoms with Crippen molar-refractivity contribution in [2.75, 3.05) is 0 Å². The monoisotopic (exact) mass is 379 g/mol. The van der Waals surface area contributed by atoms with Gasteiger partial charge in [-0.05, 0) is 66.5 Å². The third kappa shape index (κ3) is 3.25. The normalized spacial score (nSPS) is 12.5. The summed E-state index contributed by atoms with van der Waals surface area (Å²) in [7, 11) is -3.63. The van der Waals surface area contributed by atoms with Gasteiger partial charge in [-0.15, -0.1) is 0 Å². The molecule has 0 aliphatic rings. The lowest BCUT2D eigenvalue weighted by molar-refractivity contribution is 0.587. The zero-order valence-electron chi connectivity index (χ0n) is 12.8. The average molecular weight is 380 g/mol. The number of hydrogen-bond acceptors (Lipinski definition) is 2. The highest BCUT2D eigenvalue weighted by molar-refractivity contribution is 9.15. The fourth-order valence-electron chi connectivity index (χ4n) is 2.11. The van der Waals surface area contributed by atoms with E-state index in [-0.39, 0.29) is 4.90 Å². The van der Waals surface area contributed by atoms with Crippen LogP contribution in [0, 0.1) is 13.8 Å². The van der Waals surface area contributed by atoms with Gasteiger partial charge >= 0.3 is 0 Å². The van der Waals surface area contributed by atoms with Gasteiger partial charge in [-0.3, -0.25) is 0 Å². The van der Waals surface area contributed by atoms with Gasteiger partial charge in [0.15, 0.2) is 0 Å². The van der Waals surface area contributed by atoms with Crippen molar-refractivity contribution in [3.8, 4) is 0 Å². The minimum atomic E-state index is -3.63. The van der Waals surface area contributed by atoms with Crippen molar-refractivity contribution in [2.24, 2.45) is 0 Å². The van der Waals surface area contributed by atoms with Gasteiger partial charge in [-0.2, -0.15) is 0 Å². The van der Waals surface area contributed by atoms with E-state index in [0.29, 0.717) is 10.2 Å². The van der Waals surface area contributed by atoms with Crippen LogP contribution < -0.4 is 0 Å². The van der Waals surface area contributed by atoms with E-state index in [1.54, 1.807) is 36.5 Å². The standard InChI is InChI=1S/C17H18BrNO2S/c1-12(2)11-16(18)17-14(4)9-10-19(17)22(20,21)15-7-5-13(3)6-8-15/h5-11H,1H2,2-4H3/b16-11+. The lowest BCUT2D eigenvalue weighted by atomic mass is 10.2. The molecule has 0 N–H and O–H groups in total. The Morgan fingerprint density at radius 3 is 2.32 bits per heavy atom. The molecule has 0 radical (unpaired) electrons. The average Bonchev–Trinajstić information content (AvgIpc) is 2.81. The van der Waals surface area contributed by atoms with E-state index in [1.807, 2.05) is 26.8 Å². The van der Waals surface area contributed by atoms with Crippen molar-refractivity contribution in [1.29, 1.82) is 0 Å². The molecular formula is C17H18BrNO2S. The molecule has 1 heterocycles. The maximum atomic E-state index is 12.9. The van der Waals surface area contributed by atoms with Crippen molar-refractivity contribution in [1.82, 2.24) is 3.97 Å². The highest BCUT2D eigenvalue weighted by atomic mass is 79.9. The number of aryl methyl sites for hydroxylation is 2. The molecule has 2 aromatic rings. The first kappa shape index (κ1) is 16.8. The Morgan fingerprint density at radius 1 is 1.18 bits per heavy atom. The summed E-state index contributed by atoms with van der Waals surface area (Å²) < 4.78 is 27.7. The van der Waals surface area contributed by atoms with Crippen molar-refractivity contribution in [3.05, 3.63) is 71.6 Å². The topological polar surface area (TPSA) is 39.1 Å². The Hall–Kier alpha value is -1.59. The molecule has 0 spiro atoms. The number of benzene rings is 1. The van der Waals surface area contributed by atoms with Crippen molar-refractivity contribution >= 4 is 30.4 Å². The van der Waals surface area contributed by atoms with Gasteiger partial charge in [-0.1, -0.05) is 29.8 Å². The molecule has 116 valence electrons. The largest absolute Gasteiger partial charge is 0.268 e. The molecule has 5 heteroatoms. The summed E-state index contributed by atoms with van der Waals surface area (Å²) >= 11 is 3.46. The molecule has 2 rings (SSSR count). The second-order valence-corrected chi connectivity index (χ2v) is 7.97. The van der Waals surface area contributed by atoms with Crippen LogP contribution in [0.4, 0.5) is 0 Å². The summed E-state index contributed by atoms with van der Waals surface area (Å²) in [5, 5.41) is 0. The molecular weight excluding hydrogens is 362 g/mol. The van der Waals surface area contributed by atoms with Gasteiger partial charge in [0, 0.05) is 10.7 Å². The summed E-state index contributed by atoms with van der Waals surface area (Å²) in [6.45, 7) is 9.49. The number of aromatic nitrogens is 1. The highest BCUT2D eigenvalue weighted by Gasteiger charge is 2.22. The van der Waals surface area contributed by atoms with Gasteiger partial charge in [0.1, 0.15) is 0 Å². The van der Waals surface area contributed by atoms with Crippen LogP contribution >= 0.6 is 15.9 Å². The summed E-state index contributed by atoms with van der Waals surface area (Å²) in [5.74, 6) is 0. The summed E-state index contributed by atoms with van der Waals surface area (Å²) in [5.41, 5.74) is 3.35. The third-order valence-corrected chi connectivity index (χ3v) is 5.53. The molecule has 3 nitrogen and oxygen atoms in total.